The van der Waals surface area contributed by atoms with Gasteiger partial charge in [-0.15, -0.1) is 0 Å². The standard InChI is InChI=1S/C24H25ClN2O2S/c1-16-15-17(25)13-14-20(16)27-23(28)21(26(2)18-9-5-3-6-10-18)22(24(27)29)30-19-11-7-4-8-12-19/h4,7-8,11-15,18H,3,5-6,9-10H2,1-2H3. The Balaban J connectivity index is 1.75. The Morgan fingerprint density at radius 3 is 2.37 bits per heavy atom. The molecule has 2 aromatic rings. The van der Waals surface area contributed by atoms with Gasteiger partial charge in [0.15, 0.2) is 0 Å². The summed E-state index contributed by atoms with van der Waals surface area (Å²) in [6.07, 6.45) is 5.64. The Bertz CT molecular complexity index is 1000. The molecular formula is C24H25ClN2O2S. The van der Waals surface area contributed by atoms with Crippen molar-refractivity contribution in [3.63, 3.8) is 0 Å². The van der Waals surface area contributed by atoms with Crippen molar-refractivity contribution >= 4 is 40.9 Å². The predicted octanol–water partition coefficient (Wildman–Crippen LogP) is 5.79. The van der Waals surface area contributed by atoms with E-state index in [9.17, 15) is 9.59 Å². The lowest BCUT2D eigenvalue weighted by Gasteiger charge is -2.33. The first-order valence-electron chi connectivity index (χ1n) is 10.3. The minimum atomic E-state index is -0.267. The molecule has 4 rings (SSSR count). The van der Waals surface area contributed by atoms with Crippen molar-refractivity contribution in [1.29, 1.82) is 0 Å². The number of halogens is 1. The van der Waals surface area contributed by atoms with Crippen molar-refractivity contribution in [3.8, 4) is 0 Å². The number of likely N-dealkylation sites (N-methyl/N-ethyl adjacent to an activating group) is 1. The molecule has 1 fully saturated rings. The summed E-state index contributed by atoms with van der Waals surface area (Å²) in [7, 11) is 1.96. The number of carbonyl (C=O) groups is 2. The van der Waals surface area contributed by atoms with Gasteiger partial charge < -0.3 is 4.90 Å². The highest BCUT2D eigenvalue weighted by Crippen LogP contribution is 2.41. The highest BCUT2D eigenvalue weighted by Gasteiger charge is 2.43. The molecular weight excluding hydrogens is 416 g/mol. The molecule has 1 saturated carbocycles. The number of aryl methyl sites for hydroxylation is 1. The van der Waals surface area contributed by atoms with E-state index < -0.39 is 0 Å². The van der Waals surface area contributed by atoms with Gasteiger partial charge in [0, 0.05) is 23.0 Å². The maximum Gasteiger partial charge on any atom is 0.283 e. The van der Waals surface area contributed by atoms with E-state index in [0.29, 0.717) is 21.3 Å². The number of anilines is 1. The monoisotopic (exact) mass is 440 g/mol. The summed E-state index contributed by atoms with van der Waals surface area (Å²) in [6, 6.07) is 15.3. The number of hydrogen-bond donors (Lipinski definition) is 0. The van der Waals surface area contributed by atoms with Crippen LogP contribution in [-0.4, -0.2) is 29.8 Å². The van der Waals surface area contributed by atoms with Crippen LogP contribution in [0.2, 0.25) is 5.02 Å². The molecule has 1 heterocycles. The Hall–Kier alpha value is -2.24. The Labute approximate surface area is 186 Å². The SMILES string of the molecule is Cc1cc(Cl)ccc1N1C(=O)C(Sc2ccccc2)=C(N(C)C2CCCCC2)C1=O. The van der Waals surface area contributed by atoms with Crippen LogP contribution in [0.15, 0.2) is 64.0 Å². The number of hydrogen-bond acceptors (Lipinski definition) is 4. The lowest BCUT2D eigenvalue weighted by Crippen LogP contribution is -2.39. The van der Waals surface area contributed by atoms with E-state index in [2.05, 4.69) is 4.90 Å². The zero-order chi connectivity index (χ0) is 21.3. The van der Waals surface area contributed by atoms with Crippen molar-refractivity contribution < 1.29 is 9.59 Å². The van der Waals surface area contributed by atoms with Crippen LogP contribution in [0.25, 0.3) is 0 Å². The lowest BCUT2D eigenvalue weighted by molar-refractivity contribution is -0.121. The fraction of sp³-hybridized carbons (Fsp3) is 0.333. The summed E-state index contributed by atoms with van der Waals surface area (Å²) < 4.78 is 0. The molecule has 0 unspecified atom stereocenters. The number of rotatable bonds is 5. The molecule has 1 aliphatic heterocycles. The summed E-state index contributed by atoms with van der Waals surface area (Å²) in [4.78, 5) is 31.9. The molecule has 6 heteroatoms. The molecule has 2 amide bonds. The second kappa shape index (κ2) is 8.86. The quantitative estimate of drug-likeness (QED) is 0.551. The molecule has 0 aromatic heterocycles. The van der Waals surface area contributed by atoms with Crippen LogP contribution < -0.4 is 4.90 Å². The summed E-state index contributed by atoms with van der Waals surface area (Å²) in [6.45, 7) is 1.87. The number of nitrogens with zero attached hydrogens (tertiary/aromatic N) is 2. The van der Waals surface area contributed by atoms with E-state index in [1.54, 1.807) is 18.2 Å². The molecule has 0 bridgehead atoms. The Kier molecular flexibility index (Phi) is 6.21. The predicted molar refractivity (Wildman–Crippen MR) is 123 cm³/mol. The molecule has 30 heavy (non-hydrogen) atoms. The van der Waals surface area contributed by atoms with Crippen molar-refractivity contribution in [3.05, 3.63) is 69.7 Å². The van der Waals surface area contributed by atoms with Crippen LogP contribution in [-0.2, 0) is 9.59 Å². The van der Waals surface area contributed by atoms with Gasteiger partial charge in [-0.05, 0) is 55.7 Å². The average molecular weight is 441 g/mol. The van der Waals surface area contributed by atoms with E-state index in [1.807, 2.05) is 44.3 Å². The summed E-state index contributed by atoms with van der Waals surface area (Å²) >= 11 is 7.47. The van der Waals surface area contributed by atoms with Gasteiger partial charge in [-0.1, -0.05) is 60.8 Å². The average Bonchev–Trinajstić information content (AvgIpc) is 2.99. The molecule has 2 aromatic carbocycles. The van der Waals surface area contributed by atoms with Gasteiger partial charge in [0.05, 0.1) is 5.69 Å². The third-order valence-electron chi connectivity index (χ3n) is 5.86. The third kappa shape index (κ3) is 4.01. The van der Waals surface area contributed by atoms with Crippen molar-refractivity contribution in [2.45, 2.75) is 50.0 Å². The molecule has 0 spiro atoms. The first kappa shape index (κ1) is 21.0. The second-order valence-electron chi connectivity index (χ2n) is 7.87. The van der Waals surface area contributed by atoms with Gasteiger partial charge in [0.2, 0.25) is 0 Å². The Morgan fingerprint density at radius 2 is 1.70 bits per heavy atom. The number of imide groups is 1. The zero-order valence-corrected chi connectivity index (χ0v) is 18.8. The molecule has 0 saturated heterocycles. The number of carbonyl (C=O) groups excluding carboxylic acids is 2. The van der Waals surface area contributed by atoms with Gasteiger partial charge in [0.25, 0.3) is 11.8 Å². The molecule has 0 radical (unpaired) electrons. The maximum absolute atomic E-state index is 13.6. The zero-order valence-electron chi connectivity index (χ0n) is 17.2. The van der Waals surface area contributed by atoms with Crippen LogP contribution >= 0.6 is 23.4 Å². The van der Waals surface area contributed by atoms with Crippen LogP contribution in [0.3, 0.4) is 0 Å². The fourth-order valence-corrected chi connectivity index (χ4v) is 5.51. The first-order chi connectivity index (χ1) is 14.5. The third-order valence-corrected chi connectivity index (χ3v) is 7.17. The molecule has 156 valence electrons. The smallest absolute Gasteiger partial charge is 0.283 e. The Morgan fingerprint density at radius 1 is 1.00 bits per heavy atom. The summed E-state index contributed by atoms with van der Waals surface area (Å²) in [5, 5.41) is 0.585. The number of thioether (sulfide) groups is 1. The molecule has 2 aliphatic rings. The molecule has 0 atom stereocenters. The van der Waals surface area contributed by atoms with Crippen molar-refractivity contribution in [1.82, 2.24) is 4.90 Å². The van der Waals surface area contributed by atoms with Gasteiger partial charge in [-0.2, -0.15) is 0 Å². The highest BCUT2D eigenvalue weighted by molar-refractivity contribution is 8.04. The van der Waals surface area contributed by atoms with E-state index in [0.717, 1.165) is 36.1 Å². The van der Waals surface area contributed by atoms with Crippen LogP contribution in [0.5, 0.6) is 0 Å². The van der Waals surface area contributed by atoms with Crippen LogP contribution in [0.1, 0.15) is 37.7 Å². The molecule has 1 aliphatic carbocycles. The second-order valence-corrected chi connectivity index (χ2v) is 9.39. The van der Waals surface area contributed by atoms with Crippen molar-refractivity contribution in [2.24, 2.45) is 0 Å². The van der Waals surface area contributed by atoms with Crippen LogP contribution in [0, 0.1) is 6.92 Å². The maximum atomic E-state index is 13.6. The van der Waals surface area contributed by atoms with Crippen LogP contribution in [0.4, 0.5) is 5.69 Å². The largest absolute Gasteiger partial charge is 0.366 e. The number of benzene rings is 2. The topological polar surface area (TPSA) is 40.6 Å². The molecule has 0 N–H and O–H groups in total. The minimum Gasteiger partial charge on any atom is -0.366 e. The highest BCUT2D eigenvalue weighted by atomic mass is 35.5. The van der Waals surface area contributed by atoms with Gasteiger partial charge >= 0.3 is 0 Å². The number of amides is 2. The van der Waals surface area contributed by atoms with Gasteiger partial charge in [0.1, 0.15) is 10.6 Å². The fourth-order valence-electron chi connectivity index (χ4n) is 4.25. The van der Waals surface area contributed by atoms with Crippen molar-refractivity contribution in [2.75, 3.05) is 11.9 Å². The normalized spacial score (nSPS) is 17.8. The van der Waals surface area contributed by atoms with E-state index in [-0.39, 0.29) is 17.9 Å². The molecule has 4 nitrogen and oxygen atoms in total. The van der Waals surface area contributed by atoms with E-state index in [4.69, 9.17) is 11.6 Å². The van der Waals surface area contributed by atoms with Gasteiger partial charge in [-0.3, -0.25) is 9.59 Å². The van der Waals surface area contributed by atoms with E-state index >= 15 is 0 Å². The van der Waals surface area contributed by atoms with Gasteiger partial charge in [-0.25, -0.2) is 4.90 Å². The lowest BCUT2D eigenvalue weighted by atomic mass is 9.94. The van der Waals surface area contributed by atoms with E-state index in [1.165, 1.54) is 23.1 Å². The minimum absolute atomic E-state index is 0.253. The first-order valence-corrected chi connectivity index (χ1v) is 11.5. The summed E-state index contributed by atoms with van der Waals surface area (Å²) in [5.41, 5.74) is 1.90. The summed E-state index contributed by atoms with van der Waals surface area (Å²) in [5.74, 6) is -0.520.